The summed E-state index contributed by atoms with van der Waals surface area (Å²) in [4.78, 5) is 56.9. The normalized spacial score (nSPS) is 22.0. The second-order valence-electron chi connectivity index (χ2n) is 7.32. The molecule has 0 bridgehead atoms. The van der Waals surface area contributed by atoms with Gasteiger partial charge in [-0.15, -0.1) is 11.3 Å². The van der Waals surface area contributed by atoms with Crippen LogP contribution in [-0.2, 0) is 20.8 Å². The molecule has 0 spiro atoms. The largest absolute Gasteiger partial charge is 0.282 e. The minimum absolute atomic E-state index is 0.0410. The number of aryl methyl sites for hydroxylation is 1. The van der Waals surface area contributed by atoms with E-state index in [4.69, 9.17) is 0 Å². The lowest BCUT2D eigenvalue weighted by molar-refractivity contribution is -0.140. The van der Waals surface area contributed by atoms with Crippen molar-refractivity contribution in [1.29, 1.82) is 0 Å². The Morgan fingerprint density at radius 2 is 1.89 bits per heavy atom. The van der Waals surface area contributed by atoms with Crippen LogP contribution < -0.4 is 11.0 Å². The number of rotatable bonds is 5. The van der Waals surface area contributed by atoms with Crippen molar-refractivity contribution in [2.24, 2.45) is 11.8 Å². The number of carbonyl (C=O) groups is 3. The zero-order valence-corrected chi connectivity index (χ0v) is 16.5. The van der Waals surface area contributed by atoms with Gasteiger partial charge in [-0.1, -0.05) is 19.8 Å². The lowest BCUT2D eigenvalue weighted by atomic mass is 9.81. The third kappa shape index (κ3) is 3.23. The van der Waals surface area contributed by atoms with E-state index in [-0.39, 0.29) is 42.2 Å². The number of aromatic nitrogens is 2. The number of carbonyl (C=O) groups excluding carboxylic acids is 3. The Labute approximate surface area is 165 Å². The molecule has 1 aliphatic carbocycles. The minimum atomic E-state index is -0.440. The summed E-state index contributed by atoms with van der Waals surface area (Å²) in [5, 5.41) is 0.471. The first-order chi connectivity index (χ1) is 13.5. The summed E-state index contributed by atoms with van der Waals surface area (Å²) < 4.78 is 1.06. The van der Waals surface area contributed by atoms with Gasteiger partial charge >= 0.3 is 0 Å². The van der Waals surface area contributed by atoms with Crippen LogP contribution in [0.5, 0.6) is 0 Å². The van der Waals surface area contributed by atoms with E-state index in [0.29, 0.717) is 10.2 Å². The summed E-state index contributed by atoms with van der Waals surface area (Å²) >= 11 is 1.46. The van der Waals surface area contributed by atoms with E-state index < -0.39 is 5.91 Å². The van der Waals surface area contributed by atoms with E-state index in [9.17, 15) is 19.2 Å². The first-order valence-electron chi connectivity index (χ1n) is 9.64. The van der Waals surface area contributed by atoms with E-state index in [2.05, 4.69) is 10.4 Å². The highest BCUT2D eigenvalue weighted by Gasteiger charge is 2.47. The number of thiophene rings is 1. The van der Waals surface area contributed by atoms with E-state index in [1.165, 1.54) is 22.6 Å². The average Bonchev–Trinajstić information content (AvgIpc) is 3.23. The lowest BCUT2D eigenvalue weighted by Crippen LogP contribution is -2.37. The van der Waals surface area contributed by atoms with Crippen LogP contribution in [0.2, 0.25) is 0 Å². The monoisotopic (exact) mass is 402 g/mol. The van der Waals surface area contributed by atoms with Crippen LogP contribution in [-0.4, -0.2) is 38.8 Å². The standard InChI is InChI=1S/C19H22N4O4S/c1-2-11-9-14-16(28-11)20-10-23(19(14)27)21-15(24)7-8-22-17(25)12-5-3-4-6-13(12)18(22)26/h9-10,12-13H,2-8H2,1H3,(H,21,24)/t12-,13-/m0/s1. The van der Waals surface area contributed by atoms with Gasteiger partial charge in [0.05, 0.1) is 17.2 Å². The Balaban J connectivity index is 1.42. The molecule has 3 heterocycles. The van der Waals surface area contributed by atoms with Gasteiger partial charge in [0.2, 0.25) is 17.7 Å². The highest BCUT2D eigenvalue weighted by molar-refractivity contribution is 7.18. The van der Waals surface area contributed by atoms with Gasteiger partial charge in [0.25, 0.3) is 5.56 Å². The molecule has 9 heteroatoms. The molecule has 2 atom stereocenters. The Morgan fingerprint density at radius 3 is 2.54 bits per heavy atom. The van der Waals surface area contributed by atoms with Crippen molar-refractivity contribution in [1.82, 2.24) is 14.6 Å². The molecule has 2 aromatic rings. The van der Waals surface area contributed by atoms with Gasteiger partial charge in [0, 0.05) is 17.8 Å². The Morgan fingerprint density at radius 1 is 1.21 bits per heavy atom. The quantitative estimate of drug-likeness (QED) is 0.767. The van der Waals surface area contributed by atoms with Gasteiger partial charge in [-0.2, -0.15) is 0 Å². The van der Waals surface area contributed by atoms with Crippen LogP contribution in [0.1, 0.15) is 43.9 Å². The third-order valence-corrected chi connectivity index (χ3v) is 6.78. The molecule has 0 aromatic carbocycles. The van der Waals surface area contributed by atoms with Gasteiger partial charge in [-0.3, -0.25) is 29.5 Å². The van der Waals surface area contributed by atoms with E-state index in [1.54, 1.807) is 6.07 Å². The van der Waals surface area contributed by atoms with Crippen LogP contribution in [0.4, 0.5) is 0 Å². The fourth-order valence-electron chi connectivity index (χ4n) is 4.08. The molecule has 0 radical (unpaired) electrons. The summed E-state index contributed by atoms with van der Waals surface area (Å²) in [5.74, 6) is -1.19. The SMILES string of the molecule is CCc1cc2c(=O)n(NC(=O)CCN3C(=O)[C@H]4CCCC[C@@H]4C3=O)cnc2s1. The first-order valence-corrected chi connectivity index (χ1v) is 10.5. The number of nitrogens with zero attached hydrogens (tertiary/aromatic N) is 3. The molecular weight excluding hydrogens is 380 g/mol. The summed E-state index contributed by atoms with van der Waals surface area (Å²) in [5.41, 5.74) is 2.16. The molecule has 148 valence electrons. The Hall–Kier alpha value is -2.55. The number of likely N-dealkylation sites (tertiary alicyclic amines) is 1. The topological polar surface area (TPSA) is 101 Å². The molecule has 2 aromatic heterocycles. The van der Waals surface area contributed by atoms with Crippen LogP contribution in [0.15, 0.2) is 17.2 Å². The maximum atomic E-state index is 12.5. The fraction of sp³-hybridized carbons (Fsp3) is 0.526. The number of nitrogens with one attached hydrogen (secondary N) is 1. The second kappa shape index (κ2) is 7.46. The molecular formula is C19H22N4O4S. The Bertz CT molecular complexity index is 987. The molecule has 1 N–H and O–H groups in total. The number of hydrogen-bond donors (Lipinski definition) is 1. The maximum absolute atomic E-state index is 12.5. The van der Waals surface area contributed by atoms with Crippen molar-refractivity contribution < 1.29 is 14.4 Å². The van der Waals surface area contributed by atoms with Crippen LogP contribution >= 0.6 is 11.3 Å². The van der Waals surface area contributed by atoms with Crippen molar-refractivity contribution in [2.75, 3.05) is 12.0 Å². The highest BCUT2D eigenvalue weighted by Crippen LogP contribution is 2.37. The van der Waals surface area contributed by atoms with Crippen LogP contribution in [0.25, 0.3) is 10.2 Å². The van der Waals surface area contributed by atoms with Crippen molar-refractivity contribution in [3.8, 4) is 0 Å². The molecule has 1 aliphatic heterocycles. The van der Waals surface area contributed by atoms with Crippen molar-refractivity contribution >= 4 is 39.3 Å². The molecule has 1 saturated heterocycles. The minimum Gasteiger partial charge on any atom is -0.282 e. The van der Waals surface area contributed by atoms with E-state index in [0.717, 1.165) is 41.7 Å². The summed E-state index contributed by atoms with van der Waals surface area (Å²) in [7, 11) is 0. The first kappa shape index (κ1) is 18.8. The second-order valence-corrected chi connectivity index (χ2v) is 8.43. The summed E-state index contributed by atoms with van der Waals surface area (Å²) in [6.45, 7) is 2.04. The summed E-state index contributed by atoms with van der Waals surface area (Å²) in [6.07, 6.45) is 5.49. The number of imide groups is 1. The zero-order valence-electron chi connectivity index (χ0n) is 15.6. The number of fused-ring (bicyclic) bond motifs is 2. The molecule has 4 rings (SSSR count). The van der Waals surface area contributed by atoms with E-state index >= 15 is 0 Å². The summed E-state index contributed by atoms with van der Waals surface area (Å²) in [6, 6.07) is 1.79. The molecule has 1 saturated carbocycles. The van der Waals surface area contributed by atoms with Gasteiger partial charge in [0.1, 0.15) is 11.2 Å². The smallest absolute Gasteiger partial charge is 0.280 e. The van der Waals surface area contributed by atoms with Crippen LogP contribution in [0, 0.1) is 11.8 Å². The van der Waals surface area contributed by atoms with Gasteiger partial charge in [0.15, 0.2) is 0 Å². The molecule has 2 fully saturated rings. The number of hydrogen-bond acceptors (Lipinski definition) is 6. The number of amides is 3. The van der Waals surface area contributed by atoms with Gasteiger partial charge < -0.3 is 0 Å². The highest BCUT2D eigenvalue weighted by atomic mass is 32.1. The lowest BCUT2D eigenvalue weighted by Gasteiger charge is -2.19. The van der Waals surface area contributed by atoms with Crippen molar-refractivity contribution in [2.45, 2.75) is 45.4 Å². The third-order valence-electron chi connectivity index (χ3n) is 5.59. The van der Waals surface area contributed by atoms with E-state index in [1.807, 2.05) is 6.92 Å². The van der Waals surface area contributed by atoms with Crippen LogP contribution in [0.3, 0.4) is 0 Å². The predicted octanol–water partition coefficient (Wildman–Crippen LogP) is 1.66. The molecule has 2 aliphatic rings. The molecule has 3 amide bonds. The Kier molecular flexibility index (Phi) is 5.01. The van der Waals surface area contributed by atoms with Gasteiger partial charge in [-0.05, 0) is 25.3 Å². The maximum Gasteiger partial charge on any atom is 0.280 e. The van der Waals surface area contributed by atoms with Crippen molar-refractivity contribution in [3.63, 3.8) is 0 Å². The van der Waals surface area contributed by atoms with Crippen molar-refractivity contribution in [3.05, 3.63) is 27.6 Å². The fourth-order valence-corrected chi connectivity index (χ4v) is 5.01. The zero-order chi connectivity index (χ0) is 19.8. The predicted molar refractivity (Wildman–Crippen MR) is 104 cm³/mol. The molecule has 0 unspecified atom stereocenters. The van der Waals surface area contributed by atoms with Gasteiger partial charge in [-0.25, -0.2) is 9.66 Å². The average molecular weight is 402 g/mol. The molecule has 8 nitrogen and oxygen atoms in total. The molecule has 28 heavy (non-hydrogen) atoms.